The molecule has 0 aliphatic carbocycles. The van der Waals surface area contributed by atoms with E-state index in [9.17, 15) is 9.18 Å². The summed E-state index contributed by atoms with van der Waals surface area (Å²) in [5.74, 6) is -0.487. The largest absolute Gasteiger partial charge is 0.381 e. The Kier molecular flexibility index (Phi) is 4.43. The Morgan fingerprint density at radius 1 is 1.29 bits per heavy atom. The molecule has 0 amide bonds. The lowest BCUT2D eigenvalue weighted by molar-refractivity contribution is -0.142. The third-order valence-corrected chi connectivity index (χ3v) is 5.29. The van der Waals surface area contributed by atoms with Crippen molar-refractivity contribution in [2.75, 3.05) is 19.8 Å². The number of hydrogen-bond acceptors (Lipinski definition) is 3. The van der Waals surface area contributed by atoms with Crippen molar-refractivity contribution in [3.05, 3.63) is 34.1 Å². The van der Waals surface area contributed by atoms with Gasteiger partial charge in [0, 0.05) is 31.3 Å². The number of Topliss-reactive ketones (excluding diaryl/α,β-unsaturated/α-hetero) is 1. The van der Waals surface area contributed by atoms with E-state index in [2.05, 4.69) is 15.9 Å². The number of ketones is 1. The van der Waals surface area contributed by atoms with Crippen LogP contribution in [0, 0.1) is 11.7 Å². The van der Waals surface area contributed by atoms with Crippen molar-refractivity contribution < 1.29 is 18.7 Å². The maximum Gasteiger partial charge on any atom is 0.167 e. The summed E-state index contributed by atoms with van der Waals surface area (Å²) < 4.78 is 25.2. The van der Waals surface area contributed by atoms with E-state index in [1.807, 2.05) is 0 Å². The topological polar surface area (TPSA) is 35.5 Å². The molecule has 2 fully saturated rings. The molecule has 3 rings (SSSR count). The predicted molar refractivity (Wildman–Crippen MR) is 79.9 cm³/mol. The summed E-state index contributed by atoms with van der Waals surface area (Å²) in [5.41, 5.74) is 0.209. The second-order valence-corrected chi connectivity index (χ2v) is 6.59. The summed E-state index contributed by atoms with van der Waals surface area (Å²) in [7, 11) is 0. The third kappa shape index (κ3) is 3.05. The molecule has 3 nitrogen and oxygen atoms in total. The molecule has 1 aromatic carbocycles. The Morgan fingerprint density at radius 3 is 2.81 bits per heavy atom. The fourth-order valence-electron chi connectivity index (χ4n) is 3.26. The van der Waals surface area contributed by atoms with E-state index in [1.54, 1.807) is 12.1 Å². The number of benzene rings is 1. The van der Waals surface area contributed by atoms with E-state index in [4.69, 9.17) is 9.47 Å². The van der Waals surface area contributed by atoms with E-state index in [-0.39, 0.29) is 21.8 Å². The van der Waals surface area contributed by atoms with E-state index in [1.165, 1.54) is 6.07 Å². The molecular weight excluding hydrogens is 339 g/mol. The highest BCUT2D eigenvalue weighted by Gasteiger charge is 2.41. The van der Waals surface area contributed by atoms with Crippen LogP contribution in [0.1, 0.15) is 36.0 Å². The van der Waals surface area contributed by atoms with Gasteiger partial charge in [0.1, 0.15) is 5.82 Å². The molecule has 1 atom stereocenters. The van der Waals surface area contributed by atoms with Gasteiger partial charge in [-0.15, -0.1) is 0 Å². The summed E-state index contributed by atoms with van der Waals surface area (Å²) in [6, 6.07) is 4.61. The maximum absolute atomic E-state index is 13.6. The molecule has 0 radical (unpaired) electrons. The number of carbonyl (C=O) groups excluding carboxylic acids is 1. The molecular formula is C16H18BrFO3. The van der Waals surface area contributed by atoms with Crippen LogP contribution < -0.4 is 0 Å². The fraction of sp³-hybridized carbons (Fsp3) is 0.562. The van der Waals surface area contributed by atoms with Crippen molar-refractivity contribution in [2.24, 2.45) is 5.92 Å². The van der Waals surface area contributed by atoms with Gasteiger partial charge in [-0.2, -0.15) is 0 Å². The number of ether oxygens (including phenoxy) is 2. The van der Waals surface area contributed by atoms with Crippen molar-refractivity contribution in [2.45, 2.75) is 31.3 Å². The minimum atomic E-state index is -0.395. The highest BCUT2D eigenvalue weighted by atomic mass is 79.9. The van der Waals surface area contributed by atoms with Crippen LogP contribution in [0.3, 0.4) is 0 Å². The van der Waals surface area contributed by atoms with Gasteiger partial charge >= 0.3 is 0 Å². The van der Waals surface area contributed by atoms with Crippen LogP contribution in [0.2, 0.25) is 0 Å². The molecule has 21 heavy (non-hydrogen) atoms. The summed E-state index contributed by atoms with van der Waals surface area (Å²) >= 11 is 3.19. The average Bonchev–Trinajstić information content (AvgIpc) is 2.50. The van der Waals surface area contributed by atoms with E-state index >= 15 is 0 Å². The zero-order valence-corrected chi connectivity index (χ0v) is 13.3. The number of rotatable bonds is 2. The summed E-state index contributed by atoms with van der Waals surface area (Å²) in [6.45, 7) is 1.96. The van der Waals surface area contributed by atoms with Gasteiger partial charge in [-0.05, 0) is 47.7 Å². The number of halogens is 2. The molecule has 0 saturated carbocycles. The average molecular weight is 357 g/mol. The first-order valence-electron chi connectivity index (χ1n) is 7.31. The molecule has 2 aliphatic heterocycles. The molecule has 5 heteroatoms. The highest BCUT2D eigenvalue weighted by molar-refractivity contribution is 9.10. The molecule has 0 bridgehead atoms. The second kappa shape index (κ2) is 6.15. The Labute approximate surface area is 131 Å². The van der Waals surface area contributed by atoms with Gasteiger partial charge in [-0.3, -0.25) is 4.79 Å². The molecule has 0 N–H and O–H groups in total. The predicted octanol–water partition coefficient (Wildman–Crippen LogP) is 3.75. The van der Waals surface area contributed by atoms with Gasteiger partial charge in [0.15, 0.2) is 5.78 Å². The second-order valence-electron chi connectivity index (χ2n) is 5.80. The van der Waals surface area contributed by atoms with E-state index in [0.717, 1.165) is 12.8 Å². The van der Waals surface area contributed by atoms with Gasteiger partial charge in [-0.25, -0.2) is 4.39 Å². The van der Waals surface area contributed by atoms with Gasteiger partial charge < -0.3 is 9.47 Å². The van der Waals surface area contributed by atoms with E-state index < -0.39 is 5.82 Å². The first kappa shape index (κ1) is 15.1. The van der Waals surface area contributed by atoms with Crippen LogP contribution in [0.25, 0.3) is 0 Å². The summed E-state index contributed by atoms with van der Waals surface area (Å²) in [4.78, 5) is 12.7. The Bertz CT molecular complexity index is 535. The molecule has 1 aromatic rings. The Hall–Kier alpha value is -0.780. The first-order chi connectivity index (χ1) is 10.1. The van der Waals surface area contributed by atoms with Crippen LogP contribution >= 0.6 is 15.9 Å². The minimum Gasteiger partial charge on any atom is -0.381 e. The first-order valence-corrected chi connectivity index (χ1v) is 8.11. The number of hydrogen-bond donors (Lipinski definition) is 0. The molecule has 1 unspecified atom stereocenters. The SMILES string of the molecule is O=C(c1cccc(F)c1Br)C1CCOC2(CCOCC2)C1. The highest BCUT2D eigenvalue weighted by Crippen LogP contribution is 2.39. The normalized spacial score (nSPS) is 25.0. The molecule has 0 aromatic heterocycles. The van der Waals surface area contributed by atoms with Crippen molar-refractivity contribution >= 4 is 21.7 Å². The lowest BCUT2D eigenvalue weighted by Crippen LogP contribution is -2.45. The van der Waals surface area contributed by atoms with Crippen LogP contribution in [0.5, 0.6) is 0 Å². The van der Waals surface area contributed by atoms with Gasteiger partial charge in [0.25, 0.3) is 0 Å². The van der Waals surface area contributed by atoms with Gasteiger partial charge in [0.05, 0.1) is 10.1 Å². The van der Waals surface area contributed by atoms with Crippen molar-refractivity contribution in [1.82, 2.24) is 0 Å². The zero-order valence-electron chi connectivity index (χ0n) is 11.7. The molecule has 2 aliphatic rings. The number of carbonyl (C=O) groups is 1. The maximum atomic E-state index is 13.6. The smallest absolute Gasteiger partial charge is 0.167 e. The Balaban J connectivity index is 1.79. The molecule has 1 spiro atoms. The Morgan fingerprint density at radius 2 is 2.05 bits per heavy atom. The molecule has 114 valence electrons. The van der Waals surface area contributed by atoms with E-state index in [0.29, 0.717) is 38.2 Å². The van der Waals surface area contributed by atoms with Crippen LogP contribution in [0.4, 0.5) is 4.39 Å². The van der Waals surface area contributed by atoms with Crippen molar-refractivity contribution in [3.63, 3.8) is 0 Å². The molecule has 2 saturated heterocycles. The van der Waals surface area contributed by atoms with Crippen LogP contribution in [0.15, 0.2) is 22.7 Å². The van der Waals surface area contributed by atoms with Crippen molar-refractivity contribution in [1.29, 1.82) is 0 Å². The van der Waals surface area contributed by atoms with Gasteiger partial charge in [-0.1, -0.05) is 12.1 Å². The van der Waals surface area contributed by atoms with Crippen LogP contribution in [-0.4, -0.2) is 31.2 Å². The van der Waals surface area contributed by atoms with Crippen molar-refractivity contribution in [3.8, 4) is 0 Å². The summed E-state index contributed by atoms with van der Waals surface area (Å²) in [5, 5.41) is 0. The van der Waals surface area contributed by atoms with Crippen LogP contribution in [-0.2, 0) is 9.47 Å². The van der Waals surface area contributed by atoms with Gasteiger partial charge in [0.2, 0.25) is 0 Å². The minimum absolute atomic E-state index is 0.00976. The zero-order chi connectivity index (χ0) is 14.9. The third-order valence-electron chi connectivity index (χ3n) is 4.48. The summed E-state index contributed by atoms with van der Waals surface area (Å²) in [6.07, 6.45) is 3.07. The fourth-order valence-corrected chi connectivity index (χ4v) is 3.72. The standard InChI is InChI=1S/C16H18BrFO3/c17-14-12(2-1-3-13(14)18)15(19)11-4-7-21-16(10-11)5-8-20-9-6-16/h1-3,11H,4-10H2. The lowest BCUT2D eigenvalue weighted by Gasteiger charge is -2.43. The quantitative estimate of drug-likeness (QED) is 0.757. The monoisotopic (exact) mass is 356 g/mol. The molecule has 2 heterocycles. The lowest BCUT2D eigenvalue weighted by atomic mass is 9.78.